The Kier molecular flexibility index (Phi) is 7.16. The number of nitrogens with zero attached hydrogens (tertiary/aromatic N) is 2. The van der Waals surface area contributed by atoms with Crippen molar-refractivity contribution in [2.75, 3.05) is 6.54 Å². The monoisotopic (exact) mass is 425 g/mol. The van der Waals surface area contributed by atoms with E-state index in [9.17, 15) is 4.79 Å². The molecular weight excluding hydrogens is 398 g/mol. The van der Waals surface area contributed by atoms with Crippen LogP contribution in [-0.2, 0) is 13.2 Å². The Morgan fingerprint density at radius 1 is 1.13 bits per heavy atom. The van der Waals surface area contributed by atoms with Crippen molar-refractivity contribution in [2.45, 2.75) is 47.3 Å². The molecule has 0 spiro atoms. The van der Waals surface area contributed by atoms with Crippen LogP contribution in [0.2, 0.25) is 5.02 Å². The second kappa shape index (κ2) is 9.81. The van der Waals surface area contributed by atoms with Gasteiger partial charge in [-0.3, -0.25) is 9.48 Å². The maximum absolute atomic E-state index is 12.5. The molecule has 30 heavy (non-hydrogen) atoms. The number of aryl methyl sites for hydroxylation is 4. The lowest BCUT2D eigenvalue weighted by atomic mass is 10.1. The van der Waals surface area contributed by atoms with E-state index in [4.69, 9.17) is 16.3 Å². The summed E-state index contributed by atoms with van der Waals surface area (Å²) in [6.07, 6.45) is 0.777. The molecule has 0 aliphatic heterocycles. The summed E-state index contributed by atoms with van der Waals surface area (Å²) in [6.45, 7) is 9.64. The summed E-state index contributed by atoms with van der Waals surface area (Å²) in [6, 6.07) is 13.7. The maximum atomic E-state index is 12.5. The first-order chi connectivity index (χ1) is 14.3. The number of nitrogens with one attached hydrogen (secondary N) is 1. The van der Waals surface area contributed by atoms with Gasteiger partial charge in [-0.25, -0.2) is 0 Å². The fourth-order valence-corrected chi connectivity index (χ4v) is 3.49. The molecule has 0 aliphatic rings. The van der Waals surface area contributed by atoms with Gasteiger partial charge in [0.05, 0.1) is 16.4 Å². The van der Waals surface area contributed by atoms with Crippen LogP contribution >= 0.6 is 11.6 Å². The molecule has 1 N–H and O–H groups in total. The quantitative estimate of drug-likeness (QED) is 0.506. The zero-order valence-corrected chi connectivity index (χ0v) is 18.7. The number of benzene rings is 2. The fourth-order valence-electron chi connectivity index (χ4n) is 3.35. The first-order valence-electron chi connectivity index (χ1n) is 10.1. The predicted octanol–water partition coefficient (Wildman–Crippen LogP) is 5.17. The molecule has 0 radical (unpaired) electrons. The second-order valence-electron chi connectivity index (χ2n) is 7.58. The van der Waals surface area contributed by atoms with Crippen LogP contribution in [0.5, 0.6) is 5.75 Å². The van der Waals surface area contributed by atoms with Crippen LogP contribution in [0.15, 0.2) is 42.5 Å². The highest BCUT2D eigenvalue weighted by atomic mass is 35.5. The zero-order valence-electron chi connectivity index (χ0n) is 18.0. The predicted molar refractivity (Wildman–Crippen MR) is 120 cm³/mol. The average molecular weight is 426 g/mol. The maximum Gasteiger partial charge on any atom is 0.251 e. The Morgan fingerprint density at radius 3 is 2.63 bits per heavy atom. The van der Waals surface area contributed by atoms with Gasteiger partial charge in [0.1, 0.15) is 12.4 Å². The molecule has 158 valence electrons. The minimum Gasteiger partial charge on any atom is -0.489 e. The van der Waals surface area contributed by atoms with E-state index in [1.165, 1.54) is 5.56 Å². The summed E-state index contributed by atoms with van der Waals surface area (Å²) >= 11 is 6.17. The Labute approximate surface area is 183 Å². The second-order valence-corrected chi connectivity index (χ2v) is 7.95. The molecule has 0 saturated carbocycles. The van der Waals surface area contributed by atoms with E-state index >= 15 is 0 Å². The molecule has 3 rings (SSSR count). The van der Waals surface area contributed by atoms with Crippen LogP contribution in [0, 0.1) is 27.7 Å². The highest BCUT2D eigenvalue weighted by molar-refractivity contribution is 6.31. The molecular formula is C24H28ClN3O2. The third-order valence-electron chi connectivity index (χ3n) is 5.04. The molecule has 3 aromatic rings. The van der Waals surface area contributed by atoms with Gasteiger partial charge < -0.3 is 10.1 Å². The van der Waals surface area contributed by atoms with Gasteiger partial charge in [-0.15, -0.1) is 0 Å². The molecule has 1 aromatic heterocycles. The molecule has 1 amide bonds. The van der Waals surface area contributed by atoms with Gasteiger partial charge in [0.25, 0.3) is 5.91 Å². The third-order valence-corrected chi connectivity index (χ3v) is 5.59. The summed E-state index contributed by atoms with van der Waals surface area (Å²) in [5.41, 5.74) is 5.69. The Hall–Kier alpha value is -2.79. The van der Waals surface area contributed by atoms with Crippen molar-refractivity contribution in [3.63, 3.8) is 0 Å². The van der Waals surface area contributed by atoms with Gasteiger partial charge in [0.2, 0.25) is 0 Å². The standard InChI is InChI=1S/C24H28ClN3O2/c1-16-9-10-22(17(2)13-16)30-15-20-7-5-8-21(14-20)24(29)26-11-6-12-28-19(4)23(25)18(3)27-28/h5,7-10,13-14H,6,11-12,15H2,1-4H3,(H,26,29). The van der Waals surface area contributed by atoms with Crippen molar-refractivity contribution < 1.29 is 9.53 Å². The molecule has 2 aromatic carbocycles. The summed E-state index contributed by atoms with van der Waals surface area (Å²) in [7, 11) is 0. The normalized spacial score (nSPS) is 10.8. The molecule has 0 atom stereocenters. The summed E-state index contributed by atoms with van der Waals surface area (Å²) in [4.78, 5) is 12.5. The third kappa shape index (κ3) is 5.42. The number of ether oxygens (including phenoxy) is 1. The van der Waals surface area contributed by atoms with Crippen LogP contribution in [0.25, 0.3) is 0 Å². The SMILES string of the molecule is Cc1ccc(OCc2cccc(C(=O)NCCCn3nc(C)c(Cl)c3C)c2)c(C)c1. The van der Waals surface area contributed by atoms with Crippen LogP contribution in [-0.4, -0.2) is 22.2 Å². The van der Waals surface area contributed by atoms with E-state index in [1.54, 1.807) is 0 Å². The Morgan fingerprint density at radius 2 is 1.93 bits per heavy atom. The summed E-state index contributed by atoms with van der Waals surface area (Å²) in [5, 5.41) is 8.09. The van der Waals surface area contributed by atoms with Crippen molar-refractivity contribution in [1.82, 2.24) is 15.1 Å². The van der Waals surface area contributed by atoms with Crippen LogP contribution in [0.3, 0.4) is 0 Å². The smallest absolute Gasteiger partial charge is 0.251 e. The summed E-state index contributed by atoms with van der Waals surface area (Å²) in [5.74, 6) is 0.773. The van der Waals surface area contributed by atoms with Gasteiger partial charge >= 0.3 is 0 Å². The average Bonchev–Trinajstić information content (AvgIpc) is 2.97. The first kappa shape index (κ1) is 21.9. The molecule has 0 bridgehead atoms. The number of amides is 1. The highest BCUT2D eigenvalue weighted by Gasteiger charge is 2.10. The van der Waals surface area contributed by atoms with Crippen LogP contribution in [0.4, 0.5) is 0 Å². The molecule has 5 nitrogen and oxygen atoms in total. The molecule has 0 aliphatic carbocycles. The highest BCUT2D eigenvalue weighted by Crippen LogP contribution is 2.21. The minimum atomic E-state index is -0.0882. The number of hydrogen-bond acceptors (Lipinski definition) is 3. The van der Waals surface area contributed by atoms with Crippen molar-refractivity contribution in [3.05, 3.63) is 81.1 Å². The molecule has 0 saturated heterocycles. The summed E-state index contributed by atoms with van der Waals surface area (Å²) < 4.78 is 7.81. The van der Waals surface area contributed by atoms with Crippen LogP contribution < -0.4 is 10.1 Å². The van der Waals surface area contributed by atoms with Gasteiger partial charge in [0, 0.05) is 18.7 Å². The number of rotatable bonds is 8. The van der Waals surface area contributed by atoms with E-state index in [1.807, 2.05) is 61.9 Å². The fraction of sp³-hybridized carbons (Fsp3) is 0.333. The molecule has 6 heteroatoms. The first-order valence-corrected chi connectivity index (χ1v) is 10.5. The van der Waals surface area contributed by atoms with Gasteiger partial charge in [0.15, 0.2) is 0 Å². The Bertz CT molecular complexity index is 1040. The molecule has 0 fully saturated rings. The number of aromatic nitrogens is 2. The van der Waals surface area contributed by atoms with E-state index in [0.29, 0.717) is 30.3 Å². The largest absolute Gasteiger partial charge is 0.489 e. The lowest BCUT2D eigenvalue weighted by Crippen LogP contribution is -2.25. The van der Waals surface area contributed by atoms with Gasteiger partial charge in [-0.1, -0.05) is 41.4 Å². The lowest BCUT2D eigenvalue weighted by Gasteiger charge is -2.11. The van der Waals surface area contributed by atoms with E-state index in [2.05, 4.69) is 23.4 Å². The van der Waals surface area contributed by atoms with Crippen molar-refractivity contribution in [2.24, 2.45) is 0 Å². The lowest BCUT2D eigenvalue weighted by molar-refractivity contribution is 0.0952. The van der Waals surface area contributed by atoms with Gasteiger partial charge in [-0.05, 0) is 63.4 Å². The Balaban J connectivity index is 1.50. The minimum absolute atomic E-state index is 0.0882. The number of hydrogen-bond donors (Lipinski definition) is 1. The van der Waals surface area contributed by atoms with Crippen LogP contribution in [0.1, 0.15) is 44.9 Å². The van der Waals surface area contributed by atoms with E-state index in [0.717, 1.165) is 34.7 Å². The van der Waals surface area contributed by atoms with Crippen molar-refractivity contribution in [1.29, 1.82) is 0 Å². The molecule has 1 heterocycles. The number of halogens is 1. The van der Waals surface area contributed by atoms with E-state index in [-0.39, 0.29) is 5.91 Å². The van der Waals surface area contributed by atoms with Crippen molar-refractivity contribution >= 4 is 17.5 Å². The molecule has 0 unspecified atom stereocenters. The zero-order chi connectivity index (χ0) is 21.7. The number of carbonyl (C=O) groups excluding carboxylic acids is 1. The van der Waals surface area contributed by atoms with Gasteiger partial charge in [-0.2, -0.15) is 5.10 Å². The van der Waals surface area contributed by atoms with Crippen molar-refractivity contribution in [3.8, 4) is 5.75 Å². The number of carbonyl (C=O) groups is 1. The van der Waals surface area contributed by atoms with E-state index < -0.39 is 0 Å². The topological polar surface area (TPSA) is 56.1 Å².